The van der Waals surface area contributed by atoms with Gasteiger partial charge in [-0.15, -0.1) is 0 Å². The van der Waals surface area contributed by atoms with Gasteiger partial charge in [-0.25, -0.2) is 17.6 Å². The standard InChI is InChI=1S/C25H25FN2O7S/c1-16-5-6-17(25(30)35-4)13-21(16)27-24(29)15-28(19-9-7-18(26)8-10-19)36(31,32)20-11-12-22(33-2)23(14-20)34-3/h5-14H,15H2,1-4H3,(H,27,29). The van der Waals surface area contributed by atoms with Crippen LogP contribution in [0.25, 0.3) is 0 Å². The summed E-state index contributed by atoms with van der Waals surface area (Å²) in [5.41, 5.74) is 1.24. The summed E-state index contributed by atoms with van der Waals surface area (Å²) in [4.78, 5) is 24.7. The molecule has 11 heteroatoms. The Morgan fingerprint density at radius 2 is 1.58 bits per heavy atom. The van der Waals surface area contributed by atoms with E-state index in [0.29, 0.717) is 17.0 Å². The Balaban J connectivity index is 1.99. The molecule has 0 bridgehead atoms. The maximum atomic E-state index is 13.6. The summed E-state index contributed by atoms with van der Waals surface area (Å²) >= 11 is 0. The topological polar surface area (TPSA) is 111 Å². The number of nitrogens with one attached hydrogen (secondary N) is 1. The van der Waals surface area contributed by atoms with Crippen molar-refractivity contribution in [3.63, 3.8) is 0 Å². The van der Waals surface area contributed by atoms with Gasteiger partial charge in [0.2, 0.25) is 5.91 Å². The highest BCUT2D eigenvalue weighted by atomic mass is 32.2. The van der Waals surface area contributed by atoms with Gasteiger partial charge in [-0.05, 0) is 61.0 Å². The maximum Gasteiger partial charge on any atom is 0.337 e. The van der Waals surface area contributed by atoms with Crippen LogP contribution in [0.15, 0.2) is 65.6 Å². The number of ether oxygens (including phenoxy) is 3. The minimum Gasteiger partial charge on any atom is -0.493 e. The number of esters is 1. The summed E-state index contributed by atoms with van der Waals surface area (Å²) < 4.78 is 56.7. The zero-order chi connectivity index (χ0) is 26.5. The number of nitrogens with zero attached hydrogens (tertiary/aromatic N) is 1. The summed E-state index contributed by atoms with van der Waals surface area (Å²) in [6, 6.07) is 13.3. The zero-order valence-electron chi connectivity index (χ0n) is 20.1. The minimum absolute atomic E-state index is 0.0707. The molecule has 9 nitrogen and oxygen atoms in total. The molecule has 0 saturated carbocycles. The fraction of sp³-hybridized carbons (Fsp3) is 0.200. The van der Waals surface area contributed by atoms with E-state index in [1.165, 1.54) is 57.7 Å². The molecule has 0 aliphatic carbocycles. The van der Waals surface area contributed by atoms with Crippen LogP contribution < -0.4 is 19.1 Å². The van der Waals surface area contributed by atoms with E-state index in [0.717, 1.165) is 16.4 Å². The molecule has 36 heavy (non-hydrogen) atoms. The van der Waals surface area contributed by atoms with Gasteiger partial charge in [-0.2, -0.15) is 0 Å². The molecule has 0 unspecified atom stereocenters. The first-order valence-corrected chi connectivity index (χ1v) is 12.0. The minimum atomic E-state index is -4.31. The van der Waals surface area contributed by atoms with Gasteiger partial charge in [0, 0.05) is 11.8 Å². The smallest absolute Gasteiger partial charge is 0.337 e. The average molecular weight is 517 g/mol. The van der Waals surface area contributed by atoms with Crippen molar-refractivity contribution >= 4 is 33.3 Å². The molecule has 0 atom stereocenters. The molecule has 3 aromatic carbocycles. The van der Waals surface area contributed by atoms with Crippen molar-refractivity contribution in [3.05, 3.63) is 77.6 Å². The first kappa shape index (κ1) is 26.5. The van der Waals surface area contributed by atoms with E-state index >= 15 is 0 Å². The van der Waals surface area contributed by atoms with Crippen molar-refractivity contribution in [3.8, 4) is 11.5 Å². The Morgan fingerprint density at radius 3 is 2.19 bits per heavy atom. The third kappa shape index (κ3) is 5.74. The van der Waals surface area contributed by atoms with Crippen LogP contribution in [0.1, 0.15) is 15.9 Å². The van der Waals surface area contributed by atoms with Crippen molar-refractivity contribution in [2.75, 3.05) is 37.5 Å². The van der Waals surface area contributed by atoms with Crippen LogP contribution in [0.3, 0.4) is 0 Å². The Labute approximate surface area is 208 Å². The fourth-order valence-corrected chi connectivity index (χ4v) is 4.79. The number of benzene rings is 3. The number of rotatable bonds is 9. The van der Waals surface area contributed by atoms with Gasteiger partial charge in [0.25, 0.3) is 10.0 Å². The quantitative estimate of drug-likeness (QED) is 0.431. The molecule has 1 amide bonds. The van der Waals surface area contributed by atoms with E-state index < -0.39 is 34.3 Å². The Kier molecular flexibility index (Phi) is 8.15. The molecule has 0 aromatic heterocycles. The second-order valence-corrected chi connectivity index (χ2v) is 9.44. The molecular formula is C25H25FN2O7S. The highest BCUT2D eigenvalue weighted by molar-refractivity contribution is 7.92. The van der Waals surface area contributed by atoms with Gasteiger partial charge in [0.05, 0.1) is 37.5 Å². The van der Waals surface area contributed by atoms with Crippen molar-refractivity contribution in [2.24, 2.45) is 0 Å². The summed E-state index contributed by atoms with van der Waals surface area (Å²) in [7, 11) is -0.291. The van der Waals surface area contributed by atoms with Crippen molar-refractivity contribution in [1.82, 2.24) is 0 Å². The van der Waals surface area contributed by atoms with E-state index in [2.05, 4.69) is 5.32 Å². The van der Waals surface area contributed by atoms with Gasteiger partial charge in [-0.3, -0.25) is 9.10 Å². The maximum absolute atomic E-state index is 13.6. The number of methoxy groups -OCH3 is 3. The van der Waals surface area contributed by atoms with Gasteiger partial charge in [0.15, 0.2) is 11.5 Å². The Hall–Kier alpha value is -4.12. The molecule has 0 spiro atoms. The summed E-state index contributed by atoms with van der Waals surface area (Å²) in [6.07, 6.45) is 0. The molecule has 0 fully saturated rings. The molecule has 0 aliphatic heterocycles. The molecular weight excluding hydrogens is 491 g/mol. The lowest BCUT2D eigenvalue weighted by atomic mass is 10.1. The molecule has 1 N–H and O–H groups in total. The lowest BCUT2D eigenvalue weighted by Gasteiger charge is -2.24. The van der Waals surface area contributed by atoms with Gasteiger partial charge < -0.3 is 19.5 Å². The fourth-order valence-electron chi connectivity index (χ4n) is 3.35. The average Bonchev–Trinajstić information content (AvgIpc) is 2.88. The third-order valence-electron chi connectivity index (χ3n) is 5.28. The second kappa shape index (κ2) is 11.1. The Bertz CT molecular complexity index is 1380. The monoisotopic (exact) mass is 516 g/mol. The van der Waals surface area contributed by atoms with Crippen LogP contribution in [0.4, 0.5) is 15.8 Å². The van der Waals surface area contributed by atoms with E-state index in [1.54, 1.807) is 19.1 Å². The number of carbonyl (C=O) groups excluding carboxylic acids is 2. The lowest BCUT2D eigenvalue weighted by Crippen LogP contribution is -2.38. The van der Waals surface area contributed by atoms with Crippen molar-refractivity contribution < 1.29 is 36.6 Å². The molecule has 0 aliphatic rings. The number of carbonyl (C=O) groups is 2. The molecule has 190 valence electrons. The first-order valence-electron chi connectivity index (χ1n) is 10.6. The molecule has 0 heterocycles. The van der Waals surface area contributed by atoms with Crippen LogP contribution in [-0.2, 0) is 19.6 Å². The first-order chi connectivity index (χ1) is 17.1. The van der Waals surface area contributed by atoms with E-state index in [9.17, 15) is 22.4 Å². The summed E-state index contributed by atoms with van der Waals surface area (Å²) in [5.74, 6) is -1.34. The predicted molar refractivity (Wildman–Crippen MR) is 132 cm³/mol. The Morgan fingerprint density at radius 1 is 0.917 bits per heavy atom. The van der Waals surface area contributed by atoms with Crippen LogP contribution >= 0.6 is 0 Å². The largest absolute Gasteiger partial charge is 0.493 e. The number of halogens is 1. The van der Waals surface area contributed by atoms with Crippen molar-refractivity contribution in [1.29, 1.82) is 0 Å². The van der Waals surface area contributed by atoms with Crippen LogP contribution in [-0.4, -0.2) is 48.2 Å². The third-order valence-corrected chi connectivity index (χ3v) is 7.05. The number of aryl methyl sites for hydroxylation is 1. The number of amides is 1. The van der Waals surface area contributed by atoms with Gasteiger partial charge in [0.1, 0.15) is 12.4 Å². The van der Waals surface area contributed by atoms with E-state index in [1.807, 2.05) is 0 Å². The van der Waals surface area contributed by atoms with Crippen molar-refractivity contribution in [2.45, 2.75) is 11.8 Å². The number of sulfonamides is 1. The molecule has 3 aromatic rings. The number of hydrogen-bond acceptors (Lipinski definition) is 7. The normalized spacial score (nSPS) is 10.9. The van der Waals surface area contributed by atoms with E-state index in [4.69, 9.17) is 14.2 Å². The zero-order valence-corrected chi connectivity index (χ0v) is 20.9. The molecule has 0 radical (unpaired) electrons. The second-order valence-electron chi connectivity index (χ2n) is 7.57. The molecule has 3 rings (SSSR count). The summed E-state index contributed by atoms with van der Waals surface area (Å²) in [6.45, 7) is 1.08. The van der Waals surface area contributed by atoms with Gasteiger partial charge in [-0.1, -0.05) is 6.07 Å². The SMILES string of the molecule is COC(=O)c1ccc(C)c(NC(=O)CN(c2ccc(F)cc2)S(=O)(=O)c2ccc(OC)c(OC)c2)c1. The predicted octanol–water partition coefficient (Wildman–Crippen LogP) is 3.77. The number of anilines is 2. The van der Waals surface area contributed by atoms with Crippen LogP contribution in [0.5, 0.6) is 11.5 Å². The van der Waals surface area contributed by atoms with Crippen LogP contribution in [0, 0.1) is 12.7 Å². The highest BCUT2D eigenvalue weighted by Crippen LogP contribution is 2.32. The van der Waals surface area contributed by atoms with Gasteiger partial charge >= 0.3 is 5.97 Å². The summed E-state index contributed by atoms with van der Waals surface area (Å²) in [5, 5.41) is 2.63. The number of hydrogen-bond donors (Lipinski definition) is 1. The highest BCUT2D eigenvalue weighted by Gasteiger charge is 2.28. The van der Waals surface area contributed by atoms with E-state index in [-0.39, 0.29) is 21.9 Å². The van der Waals surface area contributed by atoms with Crippen LogP contribution in [0.2, 0.25) is 0 Å². The molecule has 0 saturated heterocycles. The lowest BCUT2D eigenvalue weighted by molar-refractivity contribution is -0.114.